The molecule has 1 aromatic carbocycles. The molecule has 0 heterocycles. The van der Waals surface area contributed by atoms with Crippen molar-refractivity contribution in [1.82, 2.24) is 0 Å². The molecule has 0 radical (unpaired) electrons. The zero-order valence-corrected chi connectivity index (χ0v) is 12.0. The number of carbonyl (C=O) groups excluding carboxylic acids is 2. The number of para-hydroxylation sites is 1. The average Bonchev–Trinajstić information content (AvgIpc) is 2.41. The summed E-state index contributed by atoms with van der Waals surface area (Å²) in [6.45, 7) is 3.08. The Morgan fingerprint density at radius 3 is 2.50 bits per heavy atom. The Morgan fingerprint density at radius 2 is 2.00 bits per heavy atom. The minimum Gasteiger partial charge on any atom is -0.506 e. The van der Waals surface area contributed by atoms with Crippen LogP contribution in [0, 0.1) is 6.92 Å². The number of benzene rings is 1. The third kappa shape index (κ3) is 3.27. The average molecular weight is 281 g/mol. The molecular formula is C14H19NO5. The van der Waals surface area contributed by atoms with Gasteiger partial charge in [-0.25, -0.2) is 4.79 Å². The molecular weight excluding hydrogens is 262 g/mol. The number of carbonyl (C=O) groups is 2. The first kappa shape index (κ1) is 16.0. The van der Waals surface area contributed by atoms with Crippen LogP contribution in [0.25, 0.3) is 0 Å². The van der Waals surface area contributed by atoms with Crippen LogP contribution in [0.2, 0.25) is 0 Å². The van der Waals surface area contributed by atoms with Gasteiger partial charge < -0.3 is 14.6 Å². The molecule has 0 saturated heterocycles. The van der Waals surface area contributed by atoms with Crippen LogP contribution in [0.3, 0.4) is 0 Å². The lowest BCUT2D eigenvalue weighted by Crippen LogP contribution is -2.46. The summed E-state index contributed by atoms with van der Waals surface area (Å²) in [7, 11) is 2.63. The molecule has 0 saturated carbocycles. The number of aryl methyl sites for hydroxylation is 1. The highest BCUT2D eigenvalue weighted by atomic mass is 16.5. The fourth-order valence-corrected chi connectivity index (χ4v) is 1.96. The molecule has 1 rings (SSSR count). The van der Waals surface area contributed by atoms with E-state index in [-0.39, 0.29) is 18.0 Å². The molecule has 0 fully saturated rings. The molecule has 0 aliphatic carbocycles. The van der Waals surface area contributed by atoms with Crippen LogP contribution in [0.4, 0.5) is 5.69 Å². The minimum atomic E-state index is -0.866. The molecule has 110 valence electrons. The van der Waals surface area contributed by atoms with E-state index in [1.54, 1.807) is 19.1 Å². The summed E-state index contributed by atoms with van der Waals surface area (Å²) >= 11 is 0. The summed E-state index contributed by atoms with van der Waals surface area (Å²) in [5, 5.41) is 10.00. The van der Waals surface area contributed by atoms with Gasteiger partial charge in [-0.05, 0) is 25.5 Å². The minimum absolute atomic E-state index is 0.0785. The van der Waals surface area contributed by atoms with Gasteiger partial charge in [-0.3, -0.25) is 9.69 Å². The van der Waals surface area contributed by atoms with E-state index in [2.05, 4.69) is 4.74 Å². The molecule has 0 bridgehead atoms. The van der Waals surface area contributed by atoms with Crippen LogP contribution in [0.15, 0.2) is 18.2 Å². The lowest BCUT2D eigenvalue weighted by molar-refractivity contribution is -0.143. The highest BCUT2D eigenvalue weighted by Crippen LogP contribution is 2.32. The first-order valence-electron chi connectivity index (χ1n) is 6.11. The summed E-state index contributed by atoms with van der Waals surface area (Å²) < 4.78 is 9.49. The maximum Gasteiger partial charge on any atom is 0.328 e. The van der Waals surface area contributed by atoms with Crippen LogP contribution in [-0.2, 0) is 19.1 Å². The Kier molecular flexibility index (Phi) is 5.52. The van der Waals surface area contributed by atoms with Crippen molar-refractivity contribution in [3.8, 4) is 5.75 Å². The molecule has 1 atom stereocenters. The molecule has 0 spiro atoms. The van der Waals surface area contributed by atoms with Crippen LogP contribution in [0.5, 0.6) is 5.75 Å². The number of ether oxygens (including phenoxy) is 2. The fraction of sp³-hybridized carbons (Fsp3) is 0.429. The van der Waals surface area contributed by atoms with Crippen LogP contribution >= 0.6 is 0 Å². The van der Waals surface area contributed by atoms with E-state index in [9.17, 15) is 14.7 Å². The topological polar surface area (TPSA) is 76.1 Å². The van der Waals surface area contributed by atoms with Crippen molar-refractivity contribution in [2.45, 2.75) is 19.9 Å². The van der Waals surface area contributed by atoms with Gasteiger partial charge in [-0.1, -0.05) is 12.1 Å². The Bertz CT molecular complexity index is 480. The summed E-state index contributed by atoms with van der Waals surface area (Å²) in [4.78, 5) is 25.1. The maximum atomic E-state index is 12.2. The van der Waals surface area contributed by atoms with Crippen molar-refractivity contribution in [3.05, 3.63) is 23.8 Å². The van der Waals surface area contributed by atoms with Gasteiger partial charge in [-0.2, -0.15) is 0 Å². The number of rotatable bonds is 5. The summed E-state index contributed by atoms with van der Waals surface area (Å²) in [6.07, 6.45) is 0. The van der Waals surface area contributed by atoms with E-state index in [0.717, 1.165) is 0 Å². The molecule has 0 aliphatic rings. The van der Waals surface area contributed by atoms with Gasteiger partial charge in [-0.15, -0.1) is 0 Å². The molecule has 0 aliphatic heterocycles. The molecule has 1 amide bonds. The predicted molar refractivity (Wildman–Crippen MR) is 73.7 cm³/mol. The third-order valence-electron chi connectivity index (χ3n) is 2.92. The highest BCUT2D eigenvalue weighted by Gasteiger charge is 2.30. The maximum absolute atomic E-state index is 12.2. The Morgan fingerprint density at radius 1 is 1.35 bits per heavy atom. The van der Waals surface area contributed by atoms with Gasteiger partial charge in [0, 0.05) is 7.11 Å². The number of nitrogens with zero attached hydrogens (tertiary/aromatic N) is 1. The number of anilines is 1. The number of phenols is 1. The van der Waals surface area contributed by atoms with E-state index in [1.165, 1.54) is 32.1 Å². The van der Waals surface area contributed by atoms with Crippen LogP contribution in [-0.4, -0.2) is 43.9 Å². The largest absolute Gasteiger partial charge is 0.506 e. The molecule has 1 aromatic rings. The van der Waals surface area contributed by atoms with E-state index in [1.807, 2.05) is 0 Å². The monoisotopic (exact) mass is 281 g/mol. The van der Waals surface area contributed by atoms with Crippen molar-refractivity contribution < 1.29 is 24.2 Å². The first-order chi connectivity index (χ1) is 9.43. The van der Waals surface area contributed by atoms with Crippen molar-refractivity contribution in [3.63, 3.8) is 0 Å². The molecule has 1 unspecified atom stereocenters. The second kappa shape index (κ2) is 6.91. The lowest BCUT2D eigenvalue weighted by Gasteiger charge is -2.29. The smallest absolute Gasteiger partial charge is 0.328 e. The lowest BCUT2D eigenvalue weighted by atomic mass is 10.1. The summed E-state index contributed by atoms with van der Waals surface area (Å²) in [5.41, 5.74) is 0.956. The van der Waals surface area contributed by atoms with Gasteiger partial charge in [0.1, 0.15) is 18.4 Å². The van der Waals surface area contributed by atoms with E-state index >= 15 is 0 Å². The second-order valence-electron chi connectivity index (χ2n) is 4.34. The quantitative estimate of drug-likeness (QED) is 0.822. The highest BCUT2D eigenvalue weighted by molar-refractivity contribution is 6.01. The van der Waals surface area contributed by atoms with Crippen LogP contribution < -0.4 is 4.90 Å². The standard InChI is InChI=1S/C14H19NO5/c1-9-6-5-7-11(16)13(9)15(12(17)8-19-3)10(2)14(18)20-4/h5-7,10,16H,8H2,1-4H3. The molecule has 20 heavy (non-hydrogen) atoms. The normalized spacial score (nSPS) is 11.8. The molecule has 1 N–H and O–H groups in total. The Hall–Kier alpha value is -2.08. The van der Waals surface area contributed by atoms with Crippen molar-refractivity contribution in [2.75, 3.05) is 25.7 Å². The van der Waals surface area contributed by atoms with E-state index in [0.29, 0.717) is 5.56 Å². The zero-order valence-electron chi connectivity index (χ0n) is 12.0. The number of hydrogen-bond acceptors (Lipinski definition) is 5. The fourth-order valence-electron chi connectivity index (χ4n) is 1.96. The predicted octanol–water partition coefficient (Wildman–Crippen LogP) is 1.24. The third-order valence-corrected chi connectivity index (χ3v) is 2.92. The molecule has 0 aromatic heterocycles. The molecule has 6 nitrogen and oxygen atoms in total. The second-order valence-corrected chi connectivity index (χ2v) is 4.34. The van der Waals surface area contributed by atoms with Crippen molar-refractivity contribution >= 4 is 17.6 Å². The number of hydrogen-bond donors (Lipinski definition) is 1. The number of aromatic hydroxyl groups is 1. The van der Waals surface area contributed by atoms with Crippen LogP contribution in [0.1, 0.15) is 12.5 Å². The van der Waals surface area contributed by atoms with E-state index in [4.69, 9.17) is 4.74 Å². The molecule has 6 heteroatoms. The number of methoxy groups -OCH3 is 2. The Balaban J connectivity index is 3.30. The van der Waals surface area contributed by atoms with Gasteiger partial charge in [0.2, 0.25) is 0 Å². The first-order valence-corrected chi connectivity index (χ1v) is 6.11. The van der Waals surface area contributed by atoms with Crippen molar-refractivity contribution in [2.24, 2.45) is 0 Å². The van der Waals surface area contributed by atoms with E-state index < -0.39 is 17.9 Å². The number of phenolic OH excluding ortho intramolecular Hbond substituents is 1. The van der Waals surface area contributed by atoms with Gasteiger partial charge in [0.05, 0.1) is 12.8 Å². The zero-order chi connectivity index (χ0) is 15.3. The summed E-state index contributed by atoms with van der Waals surface area (Å²) in [5.74, 6) is -1.09. The van der Waals surface area contributed by atoms with Crippen molar-refractivity contribution in [1.29, 1.82) is 0 Å². The number of amides is 1. The summed E-state index contributed by atoms with van der Waals surface area (Å²) in [6, 6.07) is 4.00. The SMILES string of the molecule is COCC(=O)N(c1c(C)cccc1O)C(C)C(=O)OC. The number of esters is 1. The van der Waals surface area contributed by atoms with Gasteiger partial charge >= 0.3 is 5.97 Å². The van der Waals surface area contributed by atoms with Gasteiger partial charge in [0.25, 0.3) is 5.91 Å². The Labute approximate surface area is 117 Å². The van der Waals surface area contributed by atoms with Gasteiger partial charge in [0.15, 0.2) is 0 Å².